The molecule has 2 aromatic heterocycles. The average molecular weight is 537 g/mol. The Morgan fingerprint density at radius 2 is 1.44 bits per heavy atom. The molecule has 0 aliphatic carbocycles. The van der Waals surface area contributed by atoms with Gasteiger partial charge in [-0.05, 0) is 31.2 Å². The summed E-state index contributed by atoms with van der Waals surface area (Å²) in [4.78, 5) is 19.4. The number of benzene rings is 2. The minimum absolute atomic E-state index is 0.233. The monoisotopic (exact) mass is 536 g/mol. The number of carbonyl (C=O) groups excluding carboxylic acids is 1. The number of ether oxygens (including phenoxy) is 6. The van der Waals surface area contributed by atoms with E-state index in [9.17, 15) is 4.79 Å². The molecule has 4 aromatic rings. The molecule has 11 heteroatoms. The van der Waals surface area contributed by atoms with Crippen molar-refractivity contribution in [3.05, 3.63) is 65.6 Å². The van der Waals surface area contributed by atoms with Gasteiger partial charge < -0.3 is 33.3 Å². The minimum atomic E-state index is -0.497. The molecule has 0 bridgehead atoms. The van der Waals surface area contributed by atoms with Gasteiger partial charge in [0.25, 0.3) is 0 Å². The van der Waals surface area contributed by atoms with E-state index in [1.54, 1.807) is 41.7 Å². The summed E-state index contributed by atoms with van der Waals surface area (Å²) in [5, 5.41) is 4.28. The van der Waals surface area contributed by atoms with E-state index in [0.717, 1.165) is 11.1 Å². The molecule has 39 heavy (non-hydrogen) atoms. The third kappa shape index (κ3) is 5.62. The highest BCUT2D eigenvalue weighted by Gasteiger charge is 2.25. The molecule has 0 radical (unpaired) electrons. The molecule has 2 aromatic carbocycles. The lowest BCUT2D eigenvalue weighted by Gasteiger charge is -2.27. The van der Waals surface area contributed by atoms with Crippen LogP contribution in [0.15, 0.2) is 48.9 Å². The van der Waals surface area contributed by atoms with Crippen molar-refractivity contribution in [2.24, 2.45) is 0 Å². The maximum absolute atomic E-state index is 12.7. The maximum Gasteiger partial charge on any atom is 0.342 e. The van der Waals surface area contributed by atoms with Gasteiger partial charge >= 0.3 is 5.97 Å². The molecule has 0 N–H and O–H groups in total. The first-order valence-corrected chi connectivity index (χ1v) is 12.2. The first-order valence-electron chi connectivity index (χ1n) is 12.2. The molecule has 0 unspecified atom stereocenters. The number of esters is 1. The molecule has 0 saturated carbocycles. The predicted molar refractivity (Wildman–Crippen MR) is 144 cm³/mol. The van der Waals surface area contributed by atoms with Gasteiger partial charge in [-0.2, -0.15) is 5.10 Å². The lowest BCUT2D eigenvalue weighted by atomic mass is 10.1. The van der Waals surface area contributed by atoms with Gasteiger partial charge in [-0.3, -0.25) is 0 Å². The van der Waals surface area contributed by atoms with Gasteiger partial charge in [0, 0.05) is 36.3 Å². The van der Waals surface area contributed by atoms with E-state index >= 15 is 0 Å². The second-order valence-electron chi connectivity index (χ2n) is 8.38. The zero-order valence-corrected chi connectivity index (χ0v) is 22.9. The molecule has 2 heterocycles. The van der Waals surface area contributed by atoms with Gasteiger partial charge in [-0.15, -0.1) is 0 Å². The largest absolute Gasteiger partial charge is 0.497 e. The Kier molecular flexibility index (Phi) is 8.60. The Morgan fingerprint density at radius 3 is 1.92 bits per heavy atom. The molecule has 0 aliphatic heterocycles. The summed E-state index contributed by atoms with van der Waals surface area (Å²) in [6, 6.07) is 11.3. The fourth-order valence-electron chi connectivity index (χ4n) is 4.30. The summed E-state index contributed by atoms with van der Waals surface area (Å²) in [5.41, 5.74) is 2.50. The zero-order chi connectivity index (χ0) is 27.9. The molecular formula is C28H32N4O7. The van der Waals surface area contributed by atoms with Gasteiger partial charge in [0.1, 0.15) is 40.4 Å². The van der Waals surface area contributed by atoms with Crippen LogP contribution < -0.4 is 28.6 Å². The van der Waals surface area contributed by atoms with E-state index in [1.165, 1.54) is 17.8 Å². The van der Waals surface area contributed by atoms with Crippen LogP contribution in [0.2, 0.25) is 0 Å². The summed E-state index contributed by atoms with van der Waals surface area (Å²) in [7, 11) is 7.96. The van der Waals surface area contributed by atoms with E-state index in [4.69, 9.17) is 28.4 Å². The third-order valence-corrected chi connectivity index (χ3v) is 6.21. The van der Waals surface area contributed by atoms with Crippen molar-refractivity contribution < 1.29 is 33.2 Å². The second-order valence-corrected chi connectivity index (χ2v) is 8.38. The first-order chi connectivity index (χ1) is 19.0. The highest BCUT2D eigenvalue weighted by molar-refractivity contribution is 5.99. The van der Waals surface area contributed by atoms with Crippen molar-refractivity contribution in [1.29, 1.82) is 0 Å². The topological polar surface area (TPSA) is 106 Å². The molecule has 0 fully saturated rings. The van der Waals surface area contributed by atoms with Gasteiger partial charge in [0.2, 0.25) is 0 Å². The van der Waals surface area contributed by atoms with E-state index in [1.807, 2.05) is 41.3 Å². The summed E-state index contributed by atoms with van der Waals surface area (Å²) < 4.78 is 34.7. The van der Waals surface area contributed by atoms with Crippen molar-refractivity contribution in [3.63, 3.8) is 0 Å². The molecule has 0 atom stereocenters. The fourth-order valence-corrected chi connectivity index (χ4v) is 4.30. The van der Waals surface area contributed by atoms with Crippen LogP contribution >= 0.6 is 0 Å². The fraction of sp³-hybridized carbons (Fsp3) is 0.321. The Bertz CT molecular complexity index is 1400. The van der Waals surface area contributed by atoms with E-state index in [2.05, 4.69) is 10.1 Å². The van der Waals surface area contributed by atoms with Crippen LogP contribution in [0, 0.1) is 0 Å². The lowest BCUT2D eigenvalue weighted by Crippen LogP contribution is -2.25. The van der Waals surface area contributed by atoms with Crippen LogP contribution in [0.3, 0.4) is 0 Å². The number of nitrogens with zero attached hydrogens (tertiary/aromatic N) is 4. The Balaban J connectivity index is 1.87. The average Bonchev–Trinajstić information content (AvgIpc) is 3.41. The van der Waals surface area contributed by atoms with E-state index in [0.29, 0.717) is 53.2 Å². The van der Waals surface area contributed by atoms with Gasteiger partial charge in [0.05, 0.1) is 48.4 Å². The quantitative estimate of drug-likeness (QED) is 0.245. The van der Waals surface area contributed by atoms with Gasteiger partial charge in [-0.25, -0.2) is 14.3 Å². The summed E-state index contributed by atoms with van der Waals surface area (Å²) in [5.74, 6) is 3.02. The number of hydrogen-bond donors (Lipinski definition) is 0. The molecule has 11 nitrogen and oxygen atoms in total. The maximum atomic E-state index is 12.7. The lowest BCUT2D eigenvalue weighted by molar-refractivity contribution is 0.0528. The number of aromatic nitrogens is 3. The highest BCUT2D eigenvalue weighted by atomic mass is 16.5. The van der Waals surface area contributed by atoms with E-state index in [-0.39, 0.29) is 12.2 Å². The number of anilines is 1. The molecule has 0 spiro atoms. The minimum Gasteiger partial charge on any atom is -0.497 e. The van der Waals surface area contributed by atoms with Crippen molar-refractivity contribution in [1.82, 2.24) is 14.6 Å². The van der Waals surface area contributed by atoms with E-state index < -0.39 is 5.97 Å². The van der Waals surface area contributed by atoms with Crippen LogP contribution in [-0.4, -0.2) is 62.7 Å². The zero-order valence-electron chi connectivity index (χ0n) is 22.9. The molecule has 4 rings (SSSR count). The molecule has 0 saturated heterocycles. The van der Waals surface area contributed by atoms with Crippen molar-refractivity contribution in [3.8, 4) is 28.7 Å². The smallest absolute Gasteiger partial charge is 0.342 e. The molecular weight excluding hydrogens is 504 g/mol. The third-order valence-electron chi connectivity index (χ3n) is 6.21. The number of carbonyl (C=O) groups is 1. The summed E-state index contributed by atoms with van der Waals surface area (Å²) >= 11 is 0. The summed E-state index contributed by atoms with van der Waals surface area (Å²) in [6.07, 6.45) is 2.99. The Labute approximate surface area is 226 Å². The van der Waals surface area contributed by atoms with Crippen LogP contribution in [0.25, 0.3) is 5.52 Å². The van der Waals surface area contributed by atoms with Crippen LogP contribution in [-0.2, 0) is 17.8 Å². The van der Waals surface area contributed by atoms with Gasteiger partial charge in [0.15, 0.2) is 11.6 Å². The van der Waals surface area contributed by atoms with Crippen LogP contribution in [0.1, 0.15) is 28.4 Å². The molecule has 206 valence electrons. The number of fused-ring (bicyclic) bond motifs is 1. The van der Waals surface area contributed by atoms with Crippen LogP contribution in [0.4, 0.5) is 5.82 Å². The highest BCUT2D eigenvalue weighted by Crippen LogP contribution is 2.37. The number of methoxy groups -OCH3 is 5. The van der Waals surface area contributed by atoms with Crippen molar-refractivity contribution in [2.75, 3.05) is 47.1 Å². The van der Waals surface area contributed by atoms with Crippen LogP contribution in [0.5, 0.6) is 28.7 Å². The van der Waals surface area contributed by atoms with Gasteiger partial charge in [-0.1, -0.05) is 0 Å². The van der Waals surface area contributed by atoms with Crippen molar-refractivity contribution >= 4 is 17.3 Å². The molecule has 0 amide bonds. The molecule has 0 aliphatic rings. The predicted octanol–water partition coefficient (Wildman–Crippen LogP) is 4.16. The Hall–Kier alpha value is -4.67. The van der Waals surface area contributed by atoms with Crippen molar-refractivity contribution in [2.45, 2.75) is 20.0 Å². The first kappa shape index (κ1) is 27.4. The number of rotatable bonds is 12. The SMILES string of the molecule is CCOC(=O)c1cnn2cnc(N(Cc3ccc(OC)cc3OC)Cc3ccc(OC)cc3OC)c(OC)c12. The second kappa shape index (κ2) is 12.2. The number of hydrogen-bond acceptors (Lipinski definition) is 10. The normalized spacial score (nSPS) is 10.7. The summed E-state index contributed by atoms with van der Waals surface area (Å²) in [6.45, 7) is 2.74. The standard InChI is InChI=1S/C28H32N4O7/c1-7-39-28(33)22-14-30-32-17-29-27(26(38-6)25(22)32)31(15-18-8-10-20(34-2)12-23(18)36-4)16-19-9-11-21(35-3)13-24(19)37-5/h8-14,17H,7,15-16H2,1-6H3. The Morgan fingerprint density at radius 1 is 0.846 bits per heavy atom.